The number of anilines is 1. The van der Waals surface area contributed by atoms with Gasteiger partial charge < -0.3 is 15.4 Å². The molecule has 2 aromatic carbocycles. The maximum Gasteiger partial charge on any atom is 0.170 e. The largest absolute Gasteiger partial charge is 0.500 e. The molecule has 0 heterocycles. The molecule has 0 spiro atoms. The predicted molar refractivity (Wildman–Crippen MR) is 123 cm³/mol. The van der Waals surface area contributed by atoms with E-state index < -0.39 is 0 Å². The number of Topliss-reactive ketones (excluding diaryl/α,β-unsaturated/α-hetero) is 1. The van der Waals surface area contributed by atoms with E-state index in [4.69, 9.17) is 17.0 Å². The lowest BCUT2D eigenvalue weighted by Crippen LogP contribution is -2.30. The van der Waals surface area contributed by atoms with Gasteiger partial charge in [-0.2, -0.15) is 0 Å². The van der Waals surface area contributed by atoms with Crippen molar-refractivity contribution in [3.05, 3.63) is 70.5 Å². The number of thiocarbonyl (C=S) groups is 1. The highest BCUT2D eigenvalue weighted by atomic mass is 32.1. The van der Waals surface area contributed by atoms with Gasteiger partial charge in [-0.15, -0.1) is 0 Å². The van der Waals surface area contributed by atoms with Crippen molar-refractivity contribution in [1.82, 2.24) is 5.32 Å². The summed E-state index contributed by atoms with van der Waals surface area (Å²) in [4.78, 5) is 13.2. The van der Waals surface area contributed by atoms with E-state index in [0.717, 1.165) is 33.7 Å². The van der Waals surface area contributed by atoms with Crippen LogP contribution in [0.25, 0.3) is 5.57 Å². The Morgan fingerprint density at radius 3 is 2.41 bits per heavy atom. The maximum atomic E-state index is 13.2. The SMILES string of the molecule is COC1=C(c2c(C)cc(C)cc2C)C(=O)C(CCNC(=S)Nc2ccccc2)C1. The van der Waals surface area contributed by atoms with Gasteiger partial charge in [0.1, 0.15) is 5.76 Å². The number of nitrogens with one attached hydrogen (secondary N) is 2. The molecule has 0 aromatic heterocycles. The number of allylic oxidation sites excluding steroid dienone is 2. The molecule has 0 radical (unpaired) electrons. The van der Waals surface area contributed by atoms with Crippen molar-refractivity contribution >= 4 is 34.4 Å². The van der Waals surface area contributed by atoms with E-state index in [1.807, 2.05) is 30.3 Å². The molecular weight excluding hydrogens is 380 g/mol. The minimum absolute atomic E-state index is 0.0907. The molecule has 1 unspecified atom stereocenters. The number of carbonyl (C=O) groups is 1. The van der Waals surface area contributed by atoms with Crippen LogP contribution in [0.2, 0.25) is 0 Å². The van der Waals surface area contributed by atoms with E-state index in [9.17, 15) is 4.79 Å². The topological polar surface area (TPSA) is 50.4 Å². The third-order valence-electron chi connectivity index (χ3n) is 5.31. The Kier molecular flexibility index (Phi) is 6.70. The Bertz CT molecular complexity index is 928. The Hall–Kier alpha value is -2.66. The van der Waals surface area contributed by atoms with Gasteiger partial charge in [0.25, 0.3) is 0 Å². The van der Waals surface area contributed by atoms with Crippen molar-refractivity contribution in [2.75, 3.05) is 19.0 Å². The van der Waals surface area contributed by atoms with Crippen molar-refractivity contribution in [2.45, 2.75) is 33.6 Å². The number of aryl methyl sites for hydroxylation is 3. The van der Waals surface area contributed by atoms with E-state index in [1.54, 1.807) is 7.11 Å². The minimum Gasteiger partial charge on any atom is -0.500 e. The Morgan fingerprint density at radius 2 is 1.79 bits per heavy atom. The van der Waals surface area contributed by atoms with Crippen molar-refractivity contribution < 1.29 is 9.53 Å². The summed E-state index contributed by atoms with van der Waals surface area (Å²) in [6, 6.07) is 14.0. The van der Waals surface area contributed by atoms with Gasteiger partial charge in [-0.05, 0) is 68.2 Å². The summed E-state index contributed by atoms with van der Waals surface area (Å²) in [5, 5.41) is 6.92. The van der Waals surface area contributed by atoms with Crippen molar-refractivity contribution in [1.29, 1.82) is 0 Å². The first-order valence-corrected chi connectivity index (χ1v) is 10.3. The zero-order valence-electron chi connectivity index (χ0n) is 17.5. The molecule has 4 nitrogen and oxygen atoms in total. The molecular formula is C24H28N2O2S. The molecule has 3 rings (SSSR count). The number of hydrogen-bond donors (Lipinski definition) is 2. The number of rotatable bonds is 6. The van der Waals surface area contributed by atoms with E-state index in [-0.39, 0.29) is 11.7 Å². The first-order chi connectivity index (χ1) is 13.9. The van der Waals surface area contributed by atoms with Crippen LogP contribution in [0.4, 0.5) is 5.69 Å². The predicted octanol–water partition coefficient (Wildman–Crippen LogP) is 4.94. The Morgan fingerprint density at radius 1 is 1.14 bits per heavy atom. The van der Waals surface area contributed by atoms with Gasteiger partial charge in [0, 0.05) is 24.6 Å². The van der Waals surface area contributed by atoms with Gasteiger partial charge in [-0.3, -0.25) is 4.79 Å². The maximum absolute atomic E-state index is 13.2. The standard InChI is InChI=1S/C24H28N2O2S/c1-15-12-16(2)21(17(3)13-15)22-20(28-4)14-18(23(22)27)10-11-25-24(29)26-19-8-6-5-7-9-19/h5-9,12-13,18H,10-11,14H2,1-4H3,(H2,25,26,29). The molecule has 0 fully saturated rings. The van der Waals surface area contributed by atoms with Gasteiger partial charge in [-0.25, -0.2) is 0 Å². The van der Waals surface area contributed by atoms with Crippen LogP contribution >= 0.6 is 12.2 Å². The number of para-hydroxylation sites is 1. The lowest BCUT2D eigenvalue weighted by molar-refractivity contribution is -0.116. The van der Waals surface area contributed by atoms with Gasteiger partial charge >= 0.3 is 0 Å². The van der Waals surface area contributed by atoms with E-state index in [2.05, 4.69) is 43.5 Å². The second-order valence-electron chi connectivity index (χ2n) is 7.58. The van der Waals surface area contributed by atoms with Gasteiger partial charge in [0.2, 0.25) is 0 Å². The zero-order chi connectivity index (χ0) is 21.0. The van der Waals surface area contributed by atoms with E-state index >= 15 is 0 Å². The number of ketones is 1. The highest BCUT2D eigenvalue weighted by Gasteiger charge is 2.35. The first kappa shape index (κ1) is 21.1. The van der Waals surface area contributed by atoms with Crippen LogP contribution < -0.4 is 10.6 Å². The highest BCUT2D eigenvalue weighted by molar-refractivity contribution is 7.80. The molecule has 5 heteroatoms. The molecule has 0 aliphatic heterocycles. The fraction of sp³-hybridized carbons (Fsp3) is 0.333. The molecule has 0 amide bonds. The van der Waals surface area contributed by atoms with Crippen LogP contribution in [0.5, 0.6) is 0 Å². The second kappa shape index (κ2) is 9.23. The van der Waals surface area contributed by atoms with Crippen LogP contribution in [-0.2, 0) is 9.53 Å². The summed E-state index contributed by atoms with van der Waals surface area (Å²) >= 11 is 5.36. The fourth-order valence-corrected chi connectivity index (χ4v) is 4.29. The summed E-state index contributed by atoms with van der Waals surface area (Å²) in [6.07, 6.45) is 1.34. The minimum atomic E-state index is -0.0907. The lowest BCUT2D eigenvalue weighted by atomic mass is 9.90. The molecule has 1 atom stereocenters. The van der Waals surface area contributed by atoms with Crippen LogP contribution in [0.1, 0.15) is 35.1 Å². The Labute approximate surface area is 178 Å². The van der Waals surface area contributed by atoms with Gasteiger partial charge in [0.15, 0.2) is 10.9 Å². The molecule has 2 N–H and O–H groups in total. The van der Waals surface area contributed by atoms with Gasteiger partial charge in [-0.1, -0.05) is 35.9 Å². The Balaban J connectivity index is 1.64. The number of benzene rings is 2. The summed E-state index contributed by atoms with van der Waals surface area (Å²) in [5.41, 5.74) is 6.15. The quantitative estimate of drug-likeness (QED) is 0.664. The number of ether oxygens (including phenoxy) is 1. The van der Waals surface area contributed by atoms with Gasteiger partial charge in [0.05, 0.1) is 12.7 Å². The summed E-state index contributed by atoms with van der Waals surface area (Å²) in [5.74, 6) is 0.868. The monoisotopic (exact) mass is 408 g/mol. The normalized spacial score (nSPS) is 16.1. The summed E-state index contributed by atoms with van der Waals surface area (Å²) in [6.45, 7) is 6.83. The van der Waals surface area contributed by atoms with Crippen LogP contribution in [-0.4, -0.2) is 24.6 Å². The first-order valence-electron chi connectivity index (χ1n) is 9.90. The smallest absolute Gasteiger partial charge is 0.170 e. The zero-order valence-corrected chi connectivity index (χ0v) is 18.3. The molecule has 1 aliphatic rings. The fourth-order valence-electron chi connectivity index (χ4n) is 4.07. The highest BCUT2D eigenvalue weighted by Crippen LogP contribution is 2.39. The van der Waals surface area contributed by atoms with Crippen molar-refractivity contribution in [3.8, 4) is 0 Å². The average molecular weight is 409 g/mol. The van der Waals surface area contributed by atoms with Crippen LogP contribution in [0.15, 0.2) is 48.2 Å². The van der Waals surface area contributed by atoms with Crippen LogP contribution in [0.3, 0.4) is 0 Å². The number of carbonyl (C=O) groups excluding carboxylic acids is 1. The molecule has 1 aliphatic carbocycles. The average Bonchev–Trinajstić information content (AvgIpc) is 2.98. The molecule has 152 valence electrons. The molecule has 0 bridgehead atoms. The third kappa shape index (κ3) is 4.85. The lowest BCUT2D eigenvalue weighted by Gasteiger charge is -2.15. The summed E-state index contributed by atoms with van der Waals surface area (Å²) in [7, 11) is 1.65. The molecule has 0 saturated carbocycles. The second-order valence-corrected chi connectivity index (χ2v) is 7.99. The third-order valence-corrected chi connectivity index (χ3v) is 5.56. The van der Waals surface area contributed by atoms with Crippen LogP contribution in [0, 0.1) is 26.7 Å². The van der Waals surface area contributed by atoms with Crippen molar-refractivity contribution in [2.24, 2.45) is 5.92 Å². The molecule has 29 heavy (non-hydrogen) atoms. The van der Waals surface area contributed by atoms with E-state index in [1.165, 1.54) is 5.56 Å². The van der Waals surface area contributed by atoms with Crippen molar-refractivity contribution in [3.63, 3.8) is 0 Å². The number of hydrogen-bond acceptors (Lipinski definition) is 3. The molecule has 0 saturated heterocycles. The molecule has 2 aromatic rings. The van der Waals surface area contributed by atoms with E-state index in [0.29, 0.717) is 24.5 Å². The number of methoxy groups -OCH3 is 1. The summed E-state index contributed by atoms with van der Waals surface area (Å²) < 4.78 is 5.63.